The number of benzene rings is 1. The Morgan fingerprint density at radius 3 is 2.60 bits per heavy atom. The predicted octanol–water partition coefficient (Wildman–Crippen LogP) is 2.09. The van der Waals surface area contributed by atoms with Crippen LogP contribution in [0.5, 0.6) is 5.75 Å². The summed E-state index contributed by atoms with van der Waals surface area (Å²) in [7, 11) is 2.99. The van der Waals surface area contributed by atoms with Gasteiger partial charge in [0, 0.05) is 6.42 Å². The van der Waals surface area contributed by atoms with Gasteiger partial charge >= 0.3 is 5.91 Å². The zero-order chi connectivity index (χ0) is 11.1. The van der Waals surface area contributed by atoms with Crippen molar-refractivity contribution in [1.29, 1.82) is 0 Å². The Kier molecular flexibility index (Phi) is 4.47. The molecule has 4 nitrogen and oxygen atoms in total. The summed E-state index contributed by atoms with van der Waals surface area (Å²) in [5.74, 6) is 0.569. The van der Waals surface area contributed by atoms with E-state index in [0.717, 1.165) is 11.3 Å². The van der Waals surface area contributed by atoms with Crippen LogP contribution in [0.3, 0.4) is 0 Å². The first-order valence-electron chi connectivity index (χ1n) is 4.66. The number of carbonyl (C=O) groups is 1. The van der Waals surface area contributed by atoms with E-state index in [9.17, 15) is 4.79 Å². The van der Waals surface area contributed by atoms with Gasteiger partial charge in [-0.25, -0.2) is 0 Å². The molecule has 0 aliphatic heterocycles. The average molecular weight is 208 g/mol. The van der Waals surface area contributed by atoms with Gasteiger partial charge in [-0.2, -0.15) is 0 Å². The number of hydrogen-bond donors (Lipinski definition) is 0. The molecule has 0 N–H and O–H groups in total. The molecule has 0 heterocycles. The van der Waals surface area contributed by atoms with Crippen molar-refractivity contribution in [3.8, 4) is 5.75 Å². The number of nitrogens with zero attached hydrogens (tertiary/aromatic N) is 1. The van der Waals surface area contributed by atoms with Gasteiger partial charge in [0.1, 0.15) is 5.75 Å². The lowest BCUT2D eigenvalue weighted by Gasteiger charge is -2.00. The summed E-state index contributed by atoms with van der Waals surface area (Å²) in [6, 6.07) is 7.60. The third-order valence-electron chi connectivity index (χ3n) is 1.98. The third-order valence-corrected chi connectivity index (χ3v) is 1.98. The van der Waals surface area contributed by atoms with Crippen molar-refractivity contribution in [2.75, 3.05) is 14.2 Å². The first kappa shape index (κ1) is 11.4. The van der Waals surface area contributed by atoms with Crippen LogP contribution in [0, 0.1) is 4.54 Å². The summed E-state index contributed by atoms with van der Waals surface area (Å²) in [4.78, 5) is 11.0. The quantitative estimate of drug-likeness (QED) is 0.711. The maximum absolute atomic E-state index is 11.0. The molecule has 0 saturated heterocycles. The average Bonchev–Trinajstić information content (AvgIpc) is 2.27. The minimum absolute atomic E-state index is 0.242. The van der Waals surface area contributed by atoms with Gasteiger partial charge in [-0.1, -0.05) is 12.1 Å². The highest BCUT2D eigenvalue weighted by atomic mass is 16.5. The van der Waals surface area contributed by atoms with Gasteiger partial charge in [0.05, 0.1) is 7.11 Å². The minimum atomic E-state index is -0.242. The Morgan fingerprint density at radius 2 is 2.07 bits per heavy atom. The Bertz CT molecular complexity index is 343. The van der Waals surface area contributed by atoms with Crippen LogP contribution in [-0.2, 0) is 11.2 Å². The van der Waals surface area contributed by atoms with Crippen LogP contribution in [-0.4, -0.2) is 20.1 Å². The van der Waals surface area contributed by atoms with Crippen LogP contribution >= 0.6 is 0 Å². The van der Waals surface area contributed by atoms with E-state index in [0.29, 0.717) is 12.8 Å². The van der Waals surface area contributed by atoms with Crippen LogP contribution in [0.15, 0.2) is 29.4 Å². The van der Waals surface area contributed by atoms with Crippen molar-refractivity contribution in [3.05, 3.63) is 34.4 Å². The van der Waals surface area contributed by atoms with Gasteiger partial charge in [-0.15, -0.1) is 4.54 Å². The molecule has 4 heteroatoms. The Morgan fingerprint density at radius 1 is 1.40 bits per heavy atom. The Hall–Kier alpha value is -1.71. The van der Waals surface area contributed by atoms with Crippen molar-refractivity contribution in [2.45, 2.75) is 12.8 Å². The van der Waals surface area contributed by atoms with Gasteiger partial charge in [-0.05, 0) is 24.1 Å². The fraction of sp³-hybridized carbons (Fsp3) is 0.364. The molecule has 15 heavy (non-hydrogen) atoms. The molecule has 1 amide bonds. The van der Waals surface area contributed by atoms with Gasteiger partial charge in [-0.3, -0.25) is 4.79 Å². The lowest BCUT2D eigenvalue weighted by atomic mass is 10.1. The number of carbonyl (C=O) groups excluding carboxylic acids is 1. The molecule has 1 rings (SSSR count). The predicted molar refractivity (Wildman–Crippen MR) is 58.0 cm³/mol. The topological polar surface area (TPSA) is 50.0 Å². The molecule has 0 saturated carbocycles. The highest BCUT2D eigenvalue weighted by molar-refractivity contribution is 5.77. The number of nitroso groups, excluding NO2 is 1. The fourth-order valence-electron chi connectivity index (χ4n) is 1.19. The number of amides is 1. The van der Waals surface area contributed by atoms with Crippen molar-refractivity contribution in [1.82, 2.24) is 0 Å². The van der Waals surface area contributed by atoms with Crippen LogP contribution in [0.2, 0.25) is 0 Å². The molecule has 1 aromatic carbocycles. The summed E-state index contributed by atoms with van der Waals surface area (Å²) in [5.41, 5.74) is 1.08. The molecule has 0 bridgehead atoms. The molecular formula is C11H14NO3+. The number of ether oxygens (including phenoxy) is 1. The van der Waals surface area contributed by atoms with Crippen molar-refractivity contribution in [2.24, 2.45) is 5.18 Å². The standard InChI is InChI=1S/C11H14NO3/c1-14-10-6-3-9(4-7-10)5-8-11(13)12-15-2/h3-4,6-7H,5,8H2,1-2H3/q+1. The van der Waals surface area contributed by atoms with Crippen LogP contribution in [0.1, 0.15) is 12.0 Å². The normalized spacial score (nSPS) is 10.5. The van der Waals surface area contributed by atoms with E-state index in [1.54, 1.807) is 7.11 Å². The van der Waals surface area contributed by atoms with Crippen LogP contribution in [0.4, 0.5) is 0 Å². The number of hydrogen-bond acceptors (Lipinski definition) is 2. The van der Waals surface area contributed by atoms with E-state index >= 15 is 0 Å². The molecule has 0 aliphatic carbocycles. The van der Waals surface area contributed by atoms with Gasteiger partial charge in [0.25, 0.3) is 7.11 Å². The van der Waals surface area contributed by atoms with E-state index in [2.05, 4.69) is 9.71 Å². The summed E-state index contributed by atoms with van der Waals surface area (Å²) in [5, 5.41) is 3.31. The molecule has 0 spiro atoms. The molecule has 0 atom stereocenters. The molecule has 80 valence electrons. The van der Waals surface area contributed by atoms with Crippen molar-refractivity contribution < 1.29 is 9.53 Å². The van der Waals surface area contributed by atoms with E-state index in [-0.39, 0.29) is 5.91 Å². The van der Waals surface area contributed by atoms with Gasteiger partial charge in [0.2, 0.25) is 0 Å². The third kappa shape index (κ3) is 3.89. The largest absolute Gasteiger partial charge is 0.497 e. The summed E-state index contributed by atoms with van der Waals surface area (Å²) in [6.07, 6.45) is 1.02. The zero-order valence-electron chi connectivity index (χ0n) is 8.90. The van der Waals surface area contributed by atoms with Crippen LogP contribution < -0.4 is 4.74 Å². The monoisotopic (exact) mass is 208 g/mol. The summed E-state index contributed by atoms with van der Waals surface area (Å²) >= 11 is 0. The molecule has 1 aromatic rings. The maximum Gasteiger partial charge on any atom is 0.340 e. The van der Waals surface area contributed by atoms with E-state index < -0.39 is 0 Å². The Labute approximate surface area is 88.5 Å². The van der Waals surface area contributed by atoms with Crippen molar-refractivity contribution in [3.63, 3.8) is 0 Å². The second-order valence-electron chi connectivity index (χ2n) is 3.02. The number of rotatable bonds is 4. The highest BCUT2D eigenvalue weighted by Gasteiger charge is 2.05. The smallest absolute Gasteiger partial charge is 0.340 e. The highest BCUT2D eigenvalue weighted by Crippen LogP contribution is 2.12. The summed E-state index contributed by atoms with van der Waals surface area (Å²) < 4.78 is 9.41. The Balaban J connectivity index is 2.47. The lowest BCUT2D eigenvalue weighted by Crippen LogP contribution is -1.96. The van der Waals surface area contributed by atoms with E-state index in [1.165, 1.54) is 7.11 Å². The molecule has 0 unspecified atom stereocenters. The molecule has 0 radical (unpaired) electrons. The molecule has 0 aromatic heterocycles. The number of methoxy groups -OCH3 is 1. The van der Waals surface area contributed by atoms with Crippen molar-refractivity contribution >= 4 is 5.91 Å². The second kappa shape index (κ2) is 5.90. The first-order chi connectivity index (χ1) is 7.26. The SMILES string of the molecule is COc1ccc(CCC(=O)N=[O+]C)cc1. The summed E-state index contributed by atoms with van der Waals surface area (Å²) in [6.45, 7) is 0. The minimum Gasteiger partial charge on any atom is -0.497 e. The molecule has 0 aliphatic rings. The molecule has 0 fully saturated rings. The van der Waals surface area contributed by atoms with Gasteiger partial charge < -0.3 is 4.74 Å². The van der Waals surface area contributed by atoms with E-state index in [4.69, 9.17) is 4.74 Å². The number of aryl methyl sites for hydroxylation is 1. The second-order valence-corrected chi connectivity index (χ2v) is 3.02. The van der Waals surface area contributed by atoms with Gasteiger partial charge in [0.15, 0.2) is 5.18 Å². The van der Waals surface area contributed by atoms with E-state index in [1.807, 2.05) is 24.3 Å². The maximum atomic E-state index is 11.0. The first-order valence-corrected chi connectivity index (χ1v) is 4.66. The lowest BCUT2D eigenvalue weighted by molar-refractivity contribution is -0.117. The van der Waals surface area contributed by atoms with Crippen LogP contribution in [0.25, 0.3) is 0 Å². The fourth-order valence-corrected chi connectivity index (χ4v) is 1.19. The molecular weight excluding hydrogens is 194 g/mol. The zero-order valence-corrected chi connectivity index (χ0v) is 8.90.